The van der Waals surface area contributed by atoms with Crippen molar-refractivity contribution >= 4 is 5.78 Å². The zero-order chi connectivity index (χ0) is 32.2. The van der Waals surface area contributed by atoms with Crippen LogP contribution in [0, 0.1) is 41.4 Å². The first-order valence-electron chi connectivity index (χ1n) is 17.4. The summed E-state index contributed by atoms with van der Waals surface area (Å²) in [5, 5.41) is 11.3. The van der Waals surface area contributed by atoms with Gasteiger partial charge >= 0.3 is 0 Å². The van der Waals surface area contributed by atoms with Crippen LogP contribution in [-0.2, 0) is 20.7 Å². The van der Waals surface area contributed by atoms with Crippen molar-refractivity contribution in [3.05, 3.63) is 23.8 Å². The summed E-state index contributed by atoms with van der Waals surface area (Å²) in [7, 11) is 5.17. The summed E-state index contributed by atoms with van der Waals surface area (Å²) in [6.07, 6.45) is 10.3. The molecule has 0 heterocycles. The minimum atomic E-state index is -0.704. The highest BCUT2D eigenvalue weighted by molar-refractivity contribution is 5.81. The summed E-state index contributed by atoms with van der Waals surface area (Å²) in [5.41, 5.74) is 7.84. The number of rotatable bonds is 20. The minimum Gasteiger partial charge on any atom is -0.493 e. The highest BCUT2D eigenvalue weighted by Gasteiger charge is 2.41. The van der Waals surface area contributed by atoms with E-state index in [1.165, 1.54) is 19.3 Å². The molecule has 3 rings (SSSR count). The third kappa shape index (κ3) is 10.7. The van der Waals surface area contributed by atoms with Crippen molar-refractivity contribution in [2.24, 2.45) is 47.2 Å². The number of ether oxygens (including phenoxy) is 4. The van der Waals surface area contributed by atoms with Gasteiger partial charge in [-0.25, -0.2) is 0 Å². The molecular formula is C37H63NO6. The molecule has 0 saturated heterocycles. The minimum absolute atomic E-state index is 0.154. The van der Waals surface area contributed by atoms with Gasteiger partial charge in [0.05, 0.1) is 25.9 Å². The largest absolute Gasteiger partial charge is 0.493 e. The Morgan fingerprint density at radius 3 is 2.23 bits per heavy atom. The first-order valence-corrected chi connectivity index (χ1v) is 17.4. The molecule has 7 nitrogen and oxygen atoms in total. The standard InChI is InChI=1S/C37H63NO6/c1-24(2)29(19-26-9-16-36(43-7)37(20-26)44-18-8-17-41-5)21-33(38)35(40)23-32(25(3)4)34(39)22-28-12-15-31(28)27-10-13-30(42-6)14-11-27/h9,16,20,24-25,27-33,35,40H,8,10-15,17-19,21-23,38H2,1-7H3/t27?,28-,29-,30?,31-,32-,33-,35-/m0/s1. The second-order valence-electron chi connectivity index (χ2n) is 14.4. The number of carbonyl (C=O) groups excluding carboxylic acids is 1. The maximum atomic E-state index is 13.6. The molecule has 3 N–H and O–H groups in total. The molecule has 0 radical (unpaired) electrons. The van der Waals surface area contributed by atoms with Gasteiger partial charge in [0.15, 0.2) is 11.5 Å². The van der Waals surface area contributed by atoms with Gasteiger partial charge in [0.25, 0.3) is 0 Å². The van der Waals surface area contributed by atoms with Crippen LogP contribution in [0.4, 0.5) is 0 Å². The van der Waals surface area contributed by atoms with E-state index >= 15 is 0 Å². The Balaban J connectivity index is 1.55. The Morgan fingerprint density at radius 1 is 0.932 bits per heavy atom. The molecule has 0 aliphatic heterocycles. The van der Waals surface area contributed by atoms with Gasteiger partial charge in [0.2, 0.25) is 0 Å². The van der Waals surface area contributed by atoms with E-state index in [0.29, 0.717) is 62.1 Å². The Labute approximate surface area is 267 Å². The Morgan fingerprint density at radius 2 is 1.66 bits per heavy atom. The summed E-state index contributed by atoms with van der Waals surface area (Å²) >= 11 is 0. The van der Waals surface area contributed by atoms with Crippen LogP contribution < -0.4 is 15.2 Å². The van der Waals surface area contributed by atoms with E-state index in [4.69, 9.17) is 24.7 Å². The fourth-order valence-electron chi connectivity index (χ4n) is 7.59. The van der Waals surface area contributed by atoms with Crippen molar-refractivity contribution in [3.63, 3.8) is 0 Å². The molecule has 1 aromatic rings. The van der Waals surface area contributed by atoms with Gasteiger partial charge in [-0.1, -0.05) is 33.8 Å². The summed E-state index contributed by atoms with van der Waals surface area (Å²) in [6, 6.07) is 5.73. The van der Waals surface area contributed by atoms with Crippen LogP contribution in [0.25, 0.3) is 0 Å². The molecular weight excluding hydrogens is 554 g/mol. The lowest BCUT2D eigenvalue weighted by atomic mass is 9.61. The summed E-state index contributed by atoms with van der Waals surface area (Å²) < 4.78 is 22.2. The SMILES string of the molecule is COCCCOc1cc(C[C@@H](C[C@H](N)[C@@H](O)C[C@H](C(=O)C[C@@H]2CC[C@H]2C2CCC(OC)CC2)C(C)C)C(C)C)ccc1OC. The van der Waals surface area contributed by atoms with Gasteiger partial charge in [-0.05, 0) is 111 Å². The maximum Gasteiger partial charge on any atom is 0.161 e. The predicted molar refractivity (Wildman–Crippen MR) is 177 cm³/mol. The number of ketones is 1. The molecule has 7 heteroatoms. The van der Waals surface area contributed by atoms with Crippen molar-refractivity contribution in [2.45, 2.75) is 117 Å². The van der Waals surface area contributed by atoms with Crippen LogP contribution in [0.5, 0.6) is 11.5 Å². The zero-order valence-corrected chi connectivity index (χ0v) is 28.8. The van der Waals surface area contributed by atoms with Crippen LogP contribution in [0.1, 0.15) is 97.5 Å². The molecule has 44 heavy (non-hydrogen) atoms. The fourth-order valence-corrected chi connectivity index (χ4v) is 7.59. The molecule has 6 atom stereocenters. The van der Waals surface area contributed by atoms with Crippen molar-refractivity contribution in [3.8, 4) is 11.5 Å². The predicted octanol–water partition coefficient (Wildman–Crippen LogP) is 6.86. The third-order valence-electron chi connectivity index (χ3n) is 10.8. The molecule has 0 spiro atoms. The smallest absolute Gasteiger partial charge is 0.161 e. The molecule has 2 aliphatic carbocycles. The second-order valence-corrected chi connectivity index (χ2v) is 14.4. The van der Waals surface area contributed by atoms with Crippen LogP contribution in [0.15, 0.2) is 18.2 Å². The number of aliphatic hydroxyl groups excluding tert-OH is 1. The van der Waals surface area contributed by atoms with Gasteiger partial charge in [-0.15, -0.1) is 0 Å². The van der Waals surface area contributed by atoms with Gasteiger partial charge in [-0.2, -0.15) is 0 Å². The van der Waals surface area contributed by atoms with Crippen LogP contribution >= 0.6 is 0 Å². The molecule has 0 bridgehead atoms. The Kier molecular flexibility index (Phi) is 15.4. The molecule has 2 saturated carbocycles. The highest BCUT2D eigenvalue weighted by Crippen LogP contribution is 2.47. The topological polar surface area (TPSA) is 100 Å². The Bertz CT molecular complexity index is 975. The number of methoxy groups -OCH3 is 3. The average Bonchev–Trinajstić information content (AvgIpc) is 2.99. The quantitative estimate of drug-likeness (QED) is 0.154. The third-order valence-corrected chi connectivity index (χ3v) is 10.8. The molecule has 0 unspecified atom stereocenters. The van der Waals surface area contributed by atoms with E-state index in [-0.39, 0.29) is 23.8 Å². The summed E-state index contributed by atoms with van der Waals surface area (Å²) in [6.45, 7) is 9.86. The second kappa shape index (κ2) is 18.5. The first kappa shape index (κ1) is 36.8. The van der Waals surface area contributed by atoms with Gasteiger partial charge < -0.3 is 29.8 Å². The summed E-state index contributed by atoms with van der Waals surface area (Å²) in [4.78, 5) is 13.6. The molecule has 1 aromatic carbocycles. The fraction of sp³-hybridized carbons (Fsp3) is 0.811. The van der Waals surface area contributed by atoms with E-state index in [2.05, 4.69) is 39.8 Å². The monoisotopic (exact) mass is 617 g/mol. The van der Waals surface area contributed by atoms with Crippen molar-refractivity contribution in [1.29, 1.82) is 0 Å². The lowest BCUT2D eigenvalue weighted by Crippen LogP contribution is -2.42. The lowest BCUT2D eigenvalue weighted by Gasteiger charge is -2.45. The van der Waals surface area contributed by atoms with Crippen molar-refractivity contribution < 1.29 is 28.8 Å². The molecule has 0 amide bonds. The van der Waals surface area contributed by atoms with Crippen LogP contribution in [0.2, 0.25) is 0 Å². The van der Waals surface area contributed by atoms with Gasteiger partial charge in [0, 0.05) is 45.6 Å². The molecule has 0 aromatic heterocycles. The van der Waals surface area contributed by atoms with Crippen molar-refractivity contribution in [2.75, 3.05) is 34.5 Å². The number of benzene rings is 1. The zero-order valence-electron chi connectivity index (χ0n) is 28.8. The number of Topliss-reactive ketones (excluding diaryl/α,β-unsaturated/α-hetero) is 1. The number of aliphatic hydroxyl groups is 1. The van der Waals surface area contributed by atoms with E-state index in [9.17, 15) is 9.90 Å². The number of hydrogen-bond acceptors (Lipinski definition) is 7. The van der Waals surface area contributed by atoms with Crippen LogP contribution in [0.3, 0.4) is 0 Å². The van der Waals surface area contributed by atoms with Gasteiger partial charge in [-0.3, -0.25) is 4.79 Å². The Hall–Kier alpha value is -1.67. The maximum absolute atomic E-state index is 13.6. The van der Waals surface area contributed by atoms with Crippen molar-refractivity contribution in [1.82, 2.24) is 0 Å². The van der Waals surface area contributed by atoms with E-state index in [1.807, 2.05) is 13.2 Å². The normalized spacial score (nSPS) is 24.9. The van der Waals surface area contributed by atoms with E-state index in [1.54, 1.807) is 14.2 Å². The molecule has 2 aliphatic rings. The number of hydrogen-bond donors (Lipinski definition) is 2. The van der Waals surface area contributed by atoms with Crippen LogP contribution in [-0.4, -0.2) is 63.7 Å². The molecule has 2 fully saturated rings. The first-order chi connectivity index (χ1) is 21.1. The number of nitrogens with two attached hydrogens (primary N) is 1. The van der Waals surface area contributed by atoms with E-state index in [0.717, 1.165) is 55.1 Å². The highest BCUT2D eigenvalue weighted by atomic mass is 16.5. The van der Waals surface area contributed by atoms with E-state index < -0.39 is 6.10 Å². The molecule has 252 valence electrons. The summed E-state index contributed by atoms with van der Waals surface area (Å²) in [5.74, 6) is 4.40. The lowest BCUT2D eigenvalue weighted by molar-refractivity contribution is -0.128. The number of carbonyl (C=O) groups is 1. The average molecular weight is 618 g/mol. The van der Waals surface area contributed by atoms with Gasteiger partial charge in [0.1, 0.15) is 5.78 Å².